The molecule has 2 fully saturated rings. The van der Waals surface area contributed by atoms with Gasteiger partial charge in [0.2, 0.25) is 6.79 Å². The van der Waals surface area contributed by atoms with Crippen molar-refractivity contribution in [2.24, 2.45) is 5.92 Å². The second-order valence-electron chi connectivity index (χ2n) is 9.28. The minimum absolute atomic E-state index is 0.0571. The monoisotopic (exact) mass is 449 g/mol. The van der Waals surface area contributed by atoms with Gasteiger partial charge >= 0.3 is 0 Å². The normalized spacial score (nSPS) is 18.3. The number of anilines is 2. The Bertz CT molecular complexity index is 1040. The number of likely N-dealkylation sites (tertiary alicyclic amines) is 1. The fourth-order valence-corrected chi connectivity index (χ4v) is 4.82. The molecular weight excluding hydrogens is 418 g/mol. The molecule has 0 saturated carbocycles. The van der Waals surface area contributed by atoms with E-state index in [0.29, 0.717) is 34.2 Å². The number of rotatable bonds is 4. The predicted octanol–water partition coefficient (Wildman–Crippen LogP) is 4.53. The van der Waals surface area contributed by atoms with Crippen LogP contribution >= 0.6 is 0 Å². The lowest BCUT2D eigenvalue weighted by Crippen LogP contribution is -2.39. The first-order valence-electron chi connectivity index (χ1n) is 12.0. The summed E-state index contributed by atoms with van der Waals surface area (Å²) in [4.78, 5) is 30.7. The number of benzene rings is 2. The van der Waals surface area contributed by atoms with Crippen LogP contribution in [-0.2, 0) is 0 Å². The van der Waals surface area contributed by atoms with Crippen molar-refractivity contribution >= 4 is 23.2 Å². The van der Waals surface area contributed by atoms with Gasteiger partial charge in [0.25, 0.3) is 11.8 Å². The average Bonchev–Trinajstić information content (AvgIpc) is 3.32. The molecule has 0 aromatic heterocycles. The zero-order chi connectivity index (χ0) is 22.8. The summed E-state index contributed by atoms with van der Waals surface area (Å²) in [5.74, 6) is 1.67. The number of carbonyl (C=O) groups is 2. The Morgan fingerprint density at radius 2 is 1.67 bits per heavy atom. The van der Waals surface area contributed by atoms with E-state index in [1.54, 1.807) is 18.2 Å². The number of nitrogens with zero attached hydrogens (tertiary/aromatic N) is 2. The van der Waals surface area contributed by atoms with E-state index in [-0.39, 0.29) is 18.6 Å². The highest BCUT2D eigenvalue weighted by Crippen LogP contribution is 2.33. The average molecular weight is 450 g/mol. The Hall–Kier alpha value is -3.22. The van der Waals surface area contributed by atoms with Crippen molar-refractivity contribution in [1.29, 1.82) is 0 Å². The zero-order valence-corrected chi connectivity index (χ0v) is 19.1. The maximum absolute atomic E-state index is 13.6. The van der Waals surface area contributed by atoms with Crippen LogP contribution in [0.1, 0.15) is 59.7 Å². The van der Waals surface area contributed by atoms with Gasteiger partial charge in [-0.25, -0.2) is 0 Å². The summed E-state index contributed by atoms with van der Waals surface area (Å²) in [6.45, 7) is 5.90. The second kappa shape index (κ2) is 9.33. The zero-order valence-electron chi connectivity index (χ0n) is 19.1. The highest BCUT2D eigenvalue weighted by molar-refractivity contribution is 6.06. The van der Waals surface area contributed by atoms with Crippen LogP contribution in [0.15, 0.2) is 36.4 Å². The van der Waals surface area contributed by atoms with Crippen molar-refractivity contribution in [2.75, 3.05) is 43.2 Å². The summed E-state index contributed by atoms with van der Waals surface area (Å²) in [5, 5.41) is 2.96. The van der Waals surface area contributed by atoms with Crippen molar-refractivity contribution < 1.29 is 19.1 Å². The van der Waals surface area contributed by atoms with Gasteiger partial charge in [0.15, 0.2) is 11.5 Å². The Balaban J connectivity index is 1.40. The van der Waals surface area contributed by atoms with Crippen LogP contribution in [0.2, 0.25) is 0 Å². The van der Waals surface area contributed by atoms with Crippen LogP contribution in [0.4, 0.5) is 11.4 Å². The van der Waals surface area contributed by atoms with Gasteiger partial charge in [-0.3, -0.25) is 9.59 Å². The molecule has 0 bridgehead atoms. The molecule has 7 nitrogen and oxygen atoms in total. The Labute approximate surface area is 194 Å². The molecule has 33 heavy (non-hydrogen) atoms. The number of hydrogen-bond donors (Lipinski definition) is 1. The van der Waals surface area contributed by atoms with E-state index in [9.17, 15) is 9.59 Å². The lowest BCUT2D eigenvalue weighted by molar-refractivity contribution is 0.0697. The molecular formula is C26H31N3O4. The Morgan fingerprint density at radius 1 is 0.909 bits per heavy atom. The lowest BCUT2D eigenvalue weighted by Gasteiger charge is -2.34. The number of amides is 2. The molecule has 2 aromatic carbocycles. The summed E-state index contributed by atoms with van der Waals surface area (Å²) in [7, 11) is 0. The molecule has 2 saturated heterocycles. The van der Waals surface area contributed by atoms with Crippen molar-refractivity contribution in [1.82, 2.24) is 4.90 Å². The van der Waals surface area contributed by atoms with Gasteiger partial charge in [0.1, 0.15) is 0 Å². The summed E-state index contributed by atoms with van der Waals surface area (Å²) in [6, 6.07) is 10.9. The first-order valence-corrected chi connectivity index (χ1v) is 12.0. The third-order valence-corrected chi connectivity index (χ3v) is 6.89. The molecule has 3 heterocycles. The van der Waals surface area contributed by atoms with Gasteiger partial charge in [0, 0.05) is 43.1 Å². The van der Waals surface area contributed by atoms with E-state index >= 15 is 0 Å². The fraction of sp³-hybridized carbons (Fsp3) is 0.462. The van der Waals surface area contributed by atoms with E-state index in [0.717, 1.165) is 57.5 Å². The Kier molecular flexibility index (Phi) is 6.11. The van der Waals surface area contributed by atoms with Crippen molar-refractivity contribution in [3.8, 4) is 11.5 Å². The lowest BCUT2D eigenvalue weighted by atomic mass is 9.98. The maximum Gasteiger partial charge on any atom is 0.256 e. The predicted molar refractivity (Wildman–Crippen MR) is 127 cm³/mol. The molecule has 0 spiro atoms. The van der Waals surface area contributed by atoms with E-state index < -0.39 is 0 Å². The molecule has 1 N–H and O–H groups in total. The highest BCUT2D eigenvalue weighted by Gasteiger charge is 2.26. The number of carbonyl (C=O) groups excluding carboxylic acids is 2. The van der Waals surface area contributed by atoms with Gasteiger partial charge in [0.05, 0.1) is 5.56 Å². The highest BCUT2D eigenvalue weighted by atomic mass is 16.7. The van der Waals surface area contributed by atoms with Crippen LogP contribution in [0, 0.1) is 5.92 Å². The molecule has 0 radical (unpaired) electrons. The third-order valence-electron chi connectivity index (χ3n) is 6.89. The van der Waals surface area contributed by atoms with E-state index in [1.807, 2.05) is 23.1 Å². The summed E-state index contributed by atoms with van der Waals surface area (Å²) in [6.07, 6.45) is 5.57. The first-order chi connectivity index (χ1) is 16.1. The minimum Gasteiger partial charge on any atom is -0.454 e. The molecule has 0 atom stereocenters. The SMILES string of the molecule is CC1CCN(C(=O)c2cc(NC(=O)c3ccc4c(c3)OCO4)ccc2N2CCCCC2)CC1. The molecule has 3 aliphatic heterocycles. The van der Waals surface area contributed by atoms with Crippen LogP contribution in [0.5, 0.6) is 11.5 Å². The topological polar surface area (TPSA) is 71.1 Å². The van der Waals surface area contributed by atoms with E-state index in [2.05, 4.69) is 17.1 Å². The van der Waals surface area contributed by atoms with Crippen LogP contribution in [0.25, 0.3) is 0 Å². The molecule has 0 unspecified atom stereocenters. The summed E-state index contributed by atoms with van der Waals surface area (Å²) >= 11 is 0. The molecule has 5 rings (SSSR count). The molecule has 2 aromatic rings. The van der Waals surface area contributed by atoms with E-state index in [4.69, 9.17) is 9.47 Å². The van der Waals surface area contributed by atoms with Gasteiger partial charge in [-0.2, -0.15) is 0 Å². The number of ether oxygens (including phenoxy) is 2. The first kappa shape index (κ1) is 21.6. The number of fused-ring (bicyclic) bond motifs is 1. The number of piperidine rings is 2. The van der Waals surface area contributed by atoms with Crippen LogP contribution in [-0.4, -0.2) is 49.7 Å². The smallest absolute Gasteiger partial charge is 0.256 e. The minimum atomic E-state index is -0.246. The molecule has 0 aliphatic carbocycles. The van der Waals surface area contributed by atoms with Crippen molar-refractivity contribution in [2.45, 2.75) is 39.0 Å². The molecule has 174 valence electrons. The van der Waals surface area contributed by atoms with Crippen molar-refractivity contribution in [3.63, 3.8) is 0 Å². The Morgan fingerprint density at radius 3 is 2.45 bits per heavy atom. The largest absolute Gasteiger partial charge is 0.454 e. The molecule has 7 heteroatoms. The third kappa shape index (κ3) is 4.63. The summed E-state index contributed by atoms with van der Waals surface area (Å²) < 4.78 is 10.7. The van der Waals surface area contributed by atoms with Gasteiger partial charge < -0.3 is 24.6 Å². The van der Waals surface area contributed by atoms with E-state index in [1.165, 1.54) is 6.42 Å². The van der Waals surface area contributed by atoms with Crippen LogP contribution in [0.3, 0.4) is 0 Å². The fourth-order valence-electron chi connectivity index (χ4n) is 4.82. The number of hydrogen-bond acceptors (Lipinski definition) is 5. The molecule has 3 aliphatic rings. The number of nitrogens with one attached hydrogen (secondary N) is 1. The van der Waals surface area contributed by atoms with Gasteiger partial charge in [-0.05, 0) is 74.4 Å². The molecule has 2 amide bonds. The van der Waals surface area contributed by atoms with Gasteiger partial charge in [-0.15, -0.1) is 0 Å². The quantitative estimate of drug-likeness (QED) is 0.743. The van der Waals surface area contributed by atoms with Crippen LogP contribution < -0.4 is 19.7 Å². The standard InChI is InChI=1S/C26H31N3O4/c1-18-9-13-29(14-10-18)26(31)21-16-20(6-7-22(21)28-11-3-2-4-12-28)27-25(30)19-5-8-23-24(15-19)33-17-32-23/h5-8,15-16,18H,2-4,9-14,17H2,1H3,(H,27,30). The van der Waals surface area contributed by atoms with Crippen molar-refractivity contribution in [3.05, 3.63) is 47.5 Å². The summed E-state index contributed by atoms with van der Waals surface area (Å²) in [5.41, 5.74) is 2.75. The maximum atomic E-state index is 13.6. The van der Waals surface area contributed by atoms with Gasteiger partial charge in [-0.1, -0.05) is 6.92 Å². The second-order valence-corrected chi connectivity index (χ2v) is 9.28.